The van der Waals surface area contributed by atoms with Crippen LogP contribution in [0.3, 0.4) is 0 Å². The molecule has 0 amide bonds. The van der Waals surface area contributed by atoms with Crippen molar-refractivity contribution >= 4 is 29.0 Å². The van der Waals surface area contributed by atoms with E-state index >= 15 is 0 Å². The maximum Gasteiger partial charge on any atom is 0.343 e. The molecular weight excluding hydrogens is 366 g/mol. The summed E-state index contributed by atoms with van der Waals surface area (Å²) >= 11 is 1.27. The van der Waals surface area contributed by atoms with Crippen molar-refractivity contribution in [1.29, 1.82) is 0 Å². The summed E-state index contributed by atoms with van der Waals surface area (Å²) in [4.78, 5) is 29.1. The monoisotopic (exact) mass is 379 g/mol. The molecule has 0 spiro atoms. The number of benzene rings is 2. The maximum atomic E-state index is 12.5. The Hall–Kier alpha value is -3.45. The van der Waals surface area contributed by atoms with E-state index in [0.717, 1.165) is 0 Å². The molecule has 0 bridgehead atoms. The standard InChI is InChI=1S/C20H13NO5S/c22-18(13-7-3-1-4-8-13)25-15-11-24-20-16(21-12-27-20)17(15)26-19(23)14-9-5-2-6-10-14/h1-10,12H,11H2. The first-order valence-electron chi connectivity index (χ1n) is 8.06. The molecule has 1 aromatic heterocycles. The summed E-state index contributed by atoms with van der Waals surface area (Å²) in [7, 11) is 0. The third-order valence-electron chi connectivity index (χ3n) is 3.77. The van der Waals surface area contributed by atoms with E-state index in [2.05, 4.69) is 4.98 Å². The molecular formula is C20H13NO5S. The van der Waals surface area contributed by atoms with Gasteiger partial charge in [0.2, 0.25) is 10.8 Å². The molecule has 1 aliphatic rings. The summed E-state index contributed by atoms with van der Waals surface area (Å²) in [6.45, 7) is -0.0365. The Morgan fingerprint density at radius 3 is 2.11 bits per heavy atom. The fourth-order valence-corrected chi connectivity index (χ4v) is 3.11. The summed E-state index contributed by atoms with van der Waals surface area (Å²) in [5.74, 6) is -0.942. The number of nitrogens with zero attached hydrogens (tertiary/aromatic N) is 1. The van der Waals surface area contributed by atoms with Gasteiger partial charge in [0.05, 0.1) is 16.6 Å². The fourth-order valence-electron chi connectivity index (χ4n) is 2.47. The van der Waals surface area contributed by atoms with E-state index in [4.69, 9.17) is 14.2 Å². The molecule has 0 fully saturated rings. The zero-order valence-electron chi connectivity index (χ0n) is 14.0. The van der Waals surface area contributed by atoms with Crippen LogP contribution in [-0.2, 0) is 9.47 Å². The quantitative estimate of drug-likeness (QED) is 0.640. The van der Waals surface area contributed by atoms with Crippen molar-refractivity contribution < 1.29 is 23.8 Å². The predicted octanol–water partition coefficient (Wildman–Crippen LogP) is 3.92. The van der Waals surface area contributed by atoms with Crippen molar-refractivity contribution in [2.75, 3.05) is 6.61 Å². The minimum Gasteiger partial charge on any atom is -0.474 e. The molecule has 0 radical (unpaired) electrons. The van der Waals surface area contributed by atoms with Gasteiger partial charge < -0.3 is 14.2 Å². The number of carbonyl (C=O) groups excluding carboxylic acids is 2. The molecule has 0 aliphatic carbocycles. The van der Waals surface area contributed by atoms with Crippen LogP contribution in [0.25, 0.3) is 5.76 Å². The first-order valence-corrected chi connectivity index (χ1v) is 8.94. The van der Waals surface area contributed by atoms with Crippen LogP contribution in [0, 0.1) is 0 Å². The number of thiazole rings is 1. The molecule has 4 rings (SSSR count). The van der Waals surface area contributed by atoms with E-state index in [1.165, 1.54) is 11.3 Å². The third kappa shape index (κ3) is 3.58. The molecule has 0 saturated heterocycles. The van der Waals surface area contributed by atoms with Crippen molar-refractivity contribution in [3.05, 3.63) is 88.8 Å². The van der Waals surface area contributed by atoms with Gasteiger partial charge in [-0.15, -0.1) is 0 Å². The van der Waals surface area contributed by atoms with Crippen LogP contribution < -0.4 is 4.74 Å². The molecule has 0 atom stereocenters. The molecule has 0 N–H and O–H groups in total. The summed E-state index contributed by atoms with van der Waals surface area (Å²) in [5.41, 5.74) is 2.67. The topological polar surface area (TPSA) is 74.7 Å². The smallest absolute Gasteiger partial charge is 0.343 e. The number of fused-ring (bicyclic) bond motifs is 1. The predicted molar refractivity (Wildman–Crippen MR) is 98.2 cm³/mol. The minimum atomic E-state index is -0.570. The molecule has 7 heteroatoms. The summed E-state index contributed by atoms with van der Waals surface area (Å²) < 4.78 is 16.6. The van der Waals surface area contributed by atoms with Crippen molar-refractivity contribution in [2.24, 2.45) is 0 Å². The SMILES string of the molecule is O=C(OC1=C(OC(=O)c2ccccc2)c2ncsc2OC1)c1ccccc1. The average Bonchev–Trinajstić information content (AvgIpc) is 3.20. The molecule has 27 heavy (non-hydrogen) atoms. The Morgan fingerprint density at radius 1 is 0.889 bits per heavy atom. The van der Waals surface area contributed by atoms with Crippen LogP contribution in [0.15, 0.2) is 71.9 Å². The second-order valence-corrected chi connectivity index (χ2v) is 6.36. The Bertz CT molecular complexity index is 1010. The number of rotatable bonds is 4. The molecule has 3 aromatic rings. The van der Waals surface area contributed by atoms with E-state index in [-0.39, 0.29) is 18.1 Å². The van der Waals surface area contributed by atoms with E-state index in [1.807, 2.05) is 0 Å². The van der Waals surface area contributed by atoms with E-state index < -0.39 is 11.9 Å². The van der Waals surface area contributed by atoms with Gasteiger partial charge in [-0.2, -0.15) is 0 Å². The Morgan fingerprint density at radius 2 is 1.48 bits per heavy atom. The fraction of sp³-hybridized carbons (Fsp3) is 0.0500. The highest BCUT2D eigenvalue weighted by Gasteiger charge is 2.30. The molecule has 6 nitrogen and oxygen atoms in total. The van der Waals surface area contributed by atoms with Gasteiger partial charge in [-0.25, -0.2) is 14.6 Å². The van der Waals surface area contributed by atoms with Gasteiger partial charge in [0.1, 0.15) is 0 Å². The Kier molecular flexibility index (Phi) is 4.67. The second kappa shape index (κ2) is 7.43. The molecule has 0 saturated carbocycles. The lowest BCUT2D eigenvalue weighted by atomic mass is 10.2. The number of hydrogen-bond donors (Lipinski definition) is 0. The van der Waals surface area contributed by atoms with E-state index in [1.54, 1.807) is 66.2 Å². The van der Waals surface area contributed by atoms with Crippen LogP contribution in [0.5, 0.6) is 5.06 Å². The van der Waals surface area contributed by atoms with E-state index in [0.29, 0.717) is 21.9 Å². The zero-order chi connectivity index (χ0) is 18.6. The normalized spacial score (nSPS) is 12.7. The Labute approximate surface area is 158 Å². The van der Waals surface area contributed by atoms with Gasteiger partial charge in [-0.05, 0) is 24.3 Å². The molecule has 1 aliphatic heterocycles. The molecule has 2 heterocycles. The summed E-state index contributed by atoms with van der Waals surface area (Å²) in [6.07, 6.45) is 0. The third-order valence-corrected chi connectivity index (χ3v) is 4.50. The Balaban J connectivity index is 1.66. The second-order valence-electron chi connectivity index (χ2n) is 5.54. The number of hydrogen-bond acceptors (Lipinski definition) is 7. The van der Waals surface area contributed by atoms with Gasteiger partial charge in [0, 0.05) is 0 Å². The van der Waals surface area contributed by atoms with Gasteiger partial charge in [0.15, 0.2) is 18.1 Å². The molecule has 2 aromatic carbocycles. The van der Waals surface area contributed by atoms with Crippen molar-refractivity contribution in [2.45, 2.75) is 0 Å². The van der Waals surface area contributed by atoms with Gasteiger partial charge in [-0.1, -0.05) is 47.7 Å². The van der Waals surface area contributed by atoms with Crippen LogP contribution in [0.2, 0.25) is 0 Å². The van der Waals surface area contributed by atoms with Crippen LogP contribution in [0.1, 0.15) is 26.4 Å². The van der Waals surface area contributed by atoms with Gasteiger partial charge in [0.25, 0.3) is 0 Å². The first kappa shape index (κ1) is 17.0. The minimum absolute atomic E-state index is 0.0365. The summed E-state index contributed by atoms with van der Waals surface area (Å²) in [6, 6.07) is 17.1. The number of carbonyl (C=O) groups is 2. The first-order chi connectivity index (χ1) is 13.2. The lowest BCUT2D eigenvalue weighted by Crippen LogP contribution is -2.19. The summed E-state index contributed by atoms with van der Waals surface area (Å²) in [5, 5.41) is 0.505. The van der Waals surface area contributed by atoms with Crippen molar-refractivity contribution in [3.63, 3.8) is 0 Å². The highest BCUT2D eigenvalue weighted by Crippen LogP contribution is 2.37. The maximum absolute atomic E-state index is 12.5. The van der Waals surface area contributed by atoms with Crippen LogP contribution in [0.4, 0.5) is 0 Å². The molecule has 134 valence electrons. The highest BCUT2D eigenvalue weighted by atomic mass is 32.1. The largest absolute Gasteiger partial charge is 0.474 e. The number of aromatic nitrogens is 1. The van der Waals surface area contributed by atoms with Crippen molar-refractivity contribution in [1.82, 2.24) is 4.98 Å². The number of ether oxygens (including phenoxy) is 3. The highest BCUT2D eigenvalue weighted by molar-refractivity contribution is 7.11. The van der Waals surface area contributed by atoms with Crippen LogP contribution >= 0.6 is 11.3 Å². The van der Waals surface area contributed by atoms with E-state index in [9.17, 15) is 9.59 Å². The van der Waals surface area contributed by atoms with Gasteiger partial charge >= 0.3 is 11.9 Å². The molecule has 0 unspecified atom stereocenters. The van der Waals surface area contributed by atoms with Crippen LogP contribution in [-0.4, -0.2) is 23.5 Å². The lowest BCUT2D eigenvalue weighted by Gasteiger charge is -2.19. The van der Waals surface area contributed by atoms with Gasteiger partial charge in [-0.3, -0.25) is 0 Å². The number of esters is 2. The van der Waals surface area contributed by atoms with Crippen molar-refractivity contribution in [3.8, 4) is 5.06 Å². The average molecular weight is 379 g/mol. The zero-order valence-corrected chi connectivity index (χ0v) is 14.8. The lowest BCUT2D eigenvalue weighted by molar-refractivity contribution is 0.0543.